The van der Waals surface area contributed by atoms with E-state index in [0.29, 0.717) is 0 Å². The van der Waals surface area contributed by atoms with Crippen LogP contribution in [-0.4, -0.2) is 0 Å². The number of hydrogen-bond acceptors (Lipinski definition) is 0. The van der Waals surface area contributed by atoms with E-state index in [-0.39, 0.29) is 0 Å². The van der Waals surface area contributed by atoms with Crippen molar-refractivity contribution in [3.05, 3.63) is 94.3 Å². The van der Waals surface area contributed by atoms with Gasteiger partial charge in [-0.15, -0.1) is 0 Å². The standard InChI is InChI=1S/C20H24BrP/c1-5-8-10-13-17(4)22(20-14-11-9-12-15-20)19(7-3)16-18(21)6-2/h5-8,10-11,13-16H,3-4,9,12H2,1-2H3/b8-5-,13-10-,18-6+,19-16+. The zero-order valence-electron chi connectivity index (χ0n) is 13.4. The summed E-state index contributed by atoms with van der Waals surface area (Å²) in [6, 6.07) is 0. The van der Waals surface area contributed by atoms with Gasteiger partial charge in [-0.25, -0.2) is 0 Å². The third-order valence-corrected chi connectivity index (χ3v) is 6.23. The molecular formula is C20H24BrP. The molecule has 1 unspecified atom stereocenters. The highest BCUT2D eigenvalue weighted by molar-refractivity contribution is 9.11. The Hall–Kier alpha value is -1.17. The van der Waals surface area contributed by atoms with E-state index in [4.69, 9.17) is 0 Å². The molecule has 0 fully saturated rings. The summed E-state index contributed by atoms with van der Waals surface area (Å²) in [5.41, 5.74) is 0. The Labute approximate surface area is 145 Å². The molecule has 0 aromatic carbocycles. The van der Waals surface area contributed by atoms with Gasteiger partial charge in [0.05, 0.1) is 0 Å². The molecule has 0 N–H and O–H groups in total. The van der Waals surface area contributed by atoms with Crippen LogP contribution in [0.5, 0.6) is 0 Å². The van der Waals surface area contributed by atoms with Crippen LogP contribution < -0.4 is 0 Å². The summed E-state index contributed by atoms with van der Waals surface area (Å²) in [6.45, 7) is 12.4. The topological polar surface area (TPSA) is 0 Å². The van der Waals surface area contributed by atoms with Gasteiger partial charge in [0, 0.05) is 4.48 Å². The first-order valence-electron chi connectivity index (χ1n) is 7.45. The lowest BCUT2D eigenvalue weighted by Gasteiger charge is -2.23. The van der Waals surface area contributed by atoms with Crippen LogP contribution in [0.3, 0.4) is 0 Å². The van der Waals surface area contributed by atoms with Gasteiger partial charge >= 0.3 is 0 Å². The van der Waals surface area contributed by atoms with E-state index in [1.54, 1.807) is 0 Å². The van der Waals surface area contributed by atoms with Crippen molar-refractivity contribution in [2.45, 2.75) is 26.7 Å². The maximum absolute atomic E-state index is 4.31. The Balaban J connectivity index is 3.23. The first-order valence-corrected chi connectivity index (χ1v) is 9.58. The van der Waals surface area contributed by atoms with Gasteiger partial charge in [0.15, 0.2) is 0 Å². The van der Waals surface area contributed by atoms with E-state index in [1.165, 1.54) is 10.6 Å². The summed E-state index contributed by atoms with van der Waals surface area (Å²) in [6.07, 6.45) is 23.4. The first-order chi connectivity index (χ1) is 10.6. The van der Waals surface area contributed by atoms with Gasteiger partial charge in [-0.2, -0.15) is 0 Å². The average molecular weight is 375 g/mol. The zero-order chi connectivity index (χ0) is 16.4. The van der Waals surface area contributed by atoms with Crippen LogP contribution in [-0.2, 0) is 0 Å². The molecule has 22 heavy (non-hydrogen) atoms. The van der Waals surface area contributed by atoms with Gasteiger partial charge in [-0.05, 0) is 56.6 Å². The maximum Gasteiger partial charge on any atom is 0.0139 e. The summed E-state index contributed by atoms with van der Waals surface area (Å²) in [7, 11) is -0.627. The summed E-state index contributed by atoms with van der Waals surface area (Å²) in [4.78, 5) is 0. The SMILES string of the molecule is C=C/C(=C\C(Br)=C/C)P(C(=C)/C=C\C=C/C)C1=CCCC=C1. The fourth-order valence-corrected chi connectivity index (χ4v) is 4.67. The van der Waals surface area contributed by atoms with Crippen LogP contribution in [0, 0.1) is 0 Å². The first kappa shape index (κ1) is 18.9. The fourth-order valence-electron chi connectivity index (χ4n) is 2.04. The van der Waals surface area contributed by atoms with Crippen LogP contribution in [0.4, 0.5) is 0 Å². The van der Waals surface area contributed by atoms with E-state index in [9.17, 15) is 0 Å². The van der Waals surface area contributed by atoms with Crippen molar-refractivity contribution in [2.24, 2.45) is 0 Å². The number of rotatable bonds is 7. The second-order valence-electron chi connectivity index (χ2n) is 4.77. The molecule has 0 heterocycles. The van der Waals surface area contributed by atoms with E-state index < -0.39 is 7.92 Å². The zero-order valence-corrected chi connectivity index (χ0v) is 15.9. The second-order valence-corrected chi connectivity index (χ2v) is 7.96. The molecule has 0 amide bonds. The van der Waals surface area contributed by atoms with Crippen LogP contribution in [0.25, 0.3) is 0 Å². The molecule has 0 aromatic rings. The number of allylic oxidation sites excluding steroid dienone is 14. The molecule has 116 valence electrons. The Morgan fingerprint density at radius 1 is 1.27 bits per heavy atom. The second kappa shape index (κ2) is 10.5. The molecule has 0 aliphatic heterocycles. The Morgan fingerprint density at radius 3 is 2.59 bits per heavy atom. The largest absolute Gasteiger partial charge is 0.0984 e. The highest BCUT2D eigenvalue weighted by atomic mass is 79.9. The highest BCUT2D eigenvalue weighted by Crippen LogP contribution is 2.60. The molecule has 0 saturated heterocycles. The molecule has 1 aliphatic carbocycles. The summed E-state index contributed by atoms with van der Waals surface area (Å²) >= 11 is 3.57. The Morgan fingerprint density at radius 2 is 2.05 bits per heavy atom. The lowest BCUT2D eigenvalue weighted by molar-refractivity contribution is 1.03. The van der Waals surface area contributed by atoms with Crippen molar-refractivity contribution in [3.63, 3.8) is 0 Å². The normalized spacial score (nSPS) is 17.9. The van der Waals surface area contributed by atoms with Crippen molar-refractivity contribution >= 4 is 23.9 Å². The summed E-state index contributed by atoms with van der Waals surface area (Å²) in [5, 5.41) is 3.71. The van der Waals surface area contributed by atoms with E-state index in [0.717, 1.165) is 22.6 Å². The molecular weight excluding hydrogens is 351 g/mol. The lowest BCUT2D eigenvalue weighted by Crippen LogP contribution is -1.89. The Bertz CT molecular complexity index is 583. The molecule has 1 atom stereocenters. The van der Waals surface area contributed by atoms with Crippen LogP contribution >= 0.6 is 23.9 Å². The maximum atomic E-state index is 4.31. The minimum atomic E-state index is -0.627. The quantitative estimate of drug-likeness (QED) is 0.316. The molecule has 1 aliphatic rings. The van der Waals surface area contributed by atoms with Gasteiger partial charge in [-0.1, -0.05) is 83.8 Å². The molecule has 0 saturated carbocycles. The van der Waals surface area contributed by atoms with Gasteiger partial charge in [-0.3, -0.25) is 0 Å². The van der Waals surface area contributed by atoms with Crippen molar-refractivity contribution in [1.82, 2.24) is 0 Å². The lowest BCUT2D eigenvalue weighted by atomic mass is 10.2. The Kier molecular flexibility index (Phi) is 9.04. The fraction of sp³-hybridized carbons (Fsp3) is 0.200. The summed E-state index contributed by atoms with van der Waals surface area (Å²) in [5.74, 6) is 0. The molecule has 0 radical (unpaired) electrons. The highest BCUT2D eigenvalue weighted by Gasteiger charge is 2.18. The number of hydrogen-bond donors (Lipinski definition) is 0. The molecule has 2 heteroatoms. The molecule has 1 rings (SSSR count). The van der Waals surface area contributed by atoms with E-state index in [2.05, 4.69) is 65.5 Å². The monoisotopic (exact) mass is 374 g/mol. The molecule has 0 bridgehead atoms. The third-order valence-electron chi connectivity index (χ3n) is 3.14. The minimum absolute atomic E-state index is 0.627. The third kappa shape index (κ3) is 5.91. The van der Waals surface area contributed by atoms with Gasteiger partial charge in [0.1, 0.15) is 0 Å². The molecule has 0 aromatic heterocycles. The van der Waals surface area contributed by atoms with Crippen LogP contribution in [0.2, 0.25) is 0 Å². The van der Waals surface area contributed by atoms with Crippen molar-refractivity contribution < 1.29 is 0 Å². The van der Waals surface area contributed by atoms with Crippen molar-refractivity contribution in [1.29, 1.82) is 0 Å². The van der Waals surface area contributed by atoms with Gasteiger partial charge in [0.2, 0.25) is 0 Å². The predicted molar refractivity (Wildman–Crippen MR) is 107 cm³/mol. The van der Waals surface area contributed by atoms with Crippen molar-refractivity contribution in [3.8, 4) is 0 Å². The minimum Gasteiger partial charge on any atom is -0.0984 e. The number of halogens is 1. The summed E-state index contributed by atoms with van der Waals surface area (Å²) < 4.78 is 1.07. The van der Waals surface area contributed by atoms with E-state index >= 15 is 0 Å². The predicted octanol–water partition coefficient (Wildman–Crippen LogP) is 7.72. The molecule has 0 nitrogen and oxygen atoms in total. The molecule has 0 spiro atoms. The van der Waals surface area contributed by atoms with E-state index in [1.807, 2.05) is 38.2 Å². The van der Waals surface area contributed by atoms with Gasteiger partial charge < -0.3 is 0 Å². The van der Waals surface area contributed by atoms with Crippen LogP contribution in [0.15, 0.2) is 94.3 Å². The van der Waals surface area contributed by atoms with Crippen molar-refractivity contribution in [2.75, 3.05) is 0 Å². The smallest absolute Gasteiger partial charge is 0.0139 e. The van der Waals surface area contributed by atoms with Crippen LogP contribution in [0.1, 0.15) is 26.7 Å². The van der Waals surface area contributed by atoms with Gasteiger partial charge in [0.25, 0.3) is 0 Å². The average Bonchev–Trinajstić information content (AvgIpc) is 2.55.